The topological polar surface area (TPSA) is 72.4 Å². The van der Waals surface area contributed by atoms with E-state index in [1.807, 2.05) is 12.1 Å². The number of nitrogens with one attached hydrogen (secondary N) is 1. The van der Waals surface area contributed by atoms with E-state index < -0.39 is 0 Å². The minimum absolute atomic E-state index is 0.251. The average Bonchev–Trinajstić information content (AvgIpc) is 2.77. The summed E-state index contributed by atoms with van der Waals surface area (Å²) >= 11 is 0. The molecule has 0 atom stereocenters. The predicted molar refractivity (Wildman–Crippen MR) is 108 cm³/mol. The predicted octanol–water partition coefficient (Wildman–Crippen LogP) is 3.20. The molecule has 0 saturated heterocycles. The van der Waals surface area contributed by atoms with Gasteiger partial charge in [0.25, 0.3) is 0 Å². The van der Waals surface area contributed by atoms with E-state index in [-0.39, 0.29) is 5.82 Å². The molecule has 1 aromatic heterocycles. The van der Waals surface area contributed by atoms with Gasteiger partial charge in [0.05, 0.1) is 20.4 Å². The fourth-order valence-corrected chi connectivity index (χ4v) is 3.36. The second kappa shape index (κ2) is 8.30. The molecular formula is C21H22FN5O2. The molecule has 7 nitrogen and oxygen atoms in total. The van der Waals surface area contributed by atoms with Gasteiger partial charge in [-0.15, -0.1) is 5.10 Å². The lowest BCUT2D eigenvalue weighted by Gasteiger charge is -2.29. The van der Waals surface area contributed by atoms with Gasteiger partial charge in [0.15, 0.2) is 17.3 Å². The van der Waals surface area contributed by atoms with Gasteiger partial charge in [-0.1, -0.05) is 12.1 Å². The number of methoxy groups -OCH3 is 2. The van der Waals surface area contributed by atoms with Crippen molar-refractivity contribution in [3.8, 4) is 11.5 Å². The standard InChI is InChI=1S/C21H22FN5O2/c1-28-18-9-15-7-8-27(13-16(15)10-19(18)29-2)21-25-20(12-24-26-21)23-11-14-3-5-17(22)6-4-14/h3-6,9-10,12H,7-8,11,13H2,1-2H3,(H,23,25,26). The third-order valence-corrected chi connectivity index (χ3v) is 4.94. The number of anilines is 2. The second-order valence-corrected chi connectivity index (χ2v) is 6.77. The molecule has 0 aliphatic carbocycles. The number of hydrogen-bond acceptors (Lipinski definition) is 7. The minimum atomic E-state index is -0.251. The van der Waals surface area contributed by atoms with Gasteiger partial charge in [-0.2, -0.15) is 10.1 Å². The van der Waals surface area contributed by atoms with E-state index in [1.54, 1.807) is 32.5 Å². The van der Waals surface area contributed by atoms with Crippen LogP contribution in [0, 0.1) is 5.82 Å². The van der Waals surface area contributed by atoms with Gasteiger partial charge in [0, 0.05) is 19.6 Å². The van der Waals surface area contributed by atoms with E-state index in [4.69, 9.17) is 9.47 Å². The molecule has 0 bridgehead atoms. The Morgan fingerprint density at radius 1 is 1.07 bits per heavy atom. The van der Waals surface area contributed by atoms with Crippen molar-refractivity contribution in [2.75, 3.05) is 31.0 Å². The number of fused-ring (bicyclic) bond motifs is 1. The monoisotopic (exact) mass is 395 g/mol. The van der Waals surface area contributed by atoms with Crippen LogP contribution < -0.4 is 19.7 Å². The average molecular weight is 395 g/mol. The molecule has 0 radical (unpaired) electrons. The summed E-state index contributed by atoms with van der Waals surface area (Å²) in [4.78, 5) is 6.68. The Morgan fingerprint density at radius 2 is 1.79 bits per heavy atom. The zero-order chi connectivity index (χ0) is 20.2. The van der Waals surface area contributed by atoms with Gasteiger partial charge in [0.2, 0.25) is 5.95 Å². The van der Waals surface area contributed by atoms with Crippen LogP contribution in [0.4, 0.5) is 16.2 Å². The second-order valence-electron chi connectivity index (χ2n) is 6.77. The van der Waals surface area contributed by atoms with Crippen LogP contribution in [0.1, 0.15) is 16.7 Å². The van der Waals surface area contributed by atoms with Crippen LogP contribution in [0.5, 0.6) is 11.5 Å². The Bertz CT molecular complexity index is 997. The van der Waals surface area contributed by atoms with E-state index in [0.29, 0.717) is 30.6 Å². The van der Waals surface area contributed by atoms with Crippen molar-refractivity contribution < 1.29 is 13.9 Å². The largest absolute Gasteiger partial charge is 0.493 e. The van der Waals surface area contributed by atoms with Crippen molar-refractivity contribution >= 4 is 11.8 Å². The Hall–Kier alpha value is -3.42. The van der Waals surface area contributed by atoms with Crippen molar-refractivity contribution in [2.45, 2.75) is 19.5 Å². The quantitative estimate of drug-likeness (QED) is 0.687. The van der Waals surface area contributed by atoms with Crippen molar-refractivity contribution in [2.24, 2.45) is 0 Å². The van der Waals surface area contributed by atoms with Crippen molar-refractivity contribution in [3.63, 3.8) is 0 Å². The van der Waals surface area contributed by atoms with Gasteiger partial charge >= 0.3 is 0 Å². The summed E-state index contributed by atoms with van der Waals surface area (Å²) in [6.45, 7) is 1.97. The molecule has 3 aromatic rings. The molecule has 2 heterocycles. The van der Waals surface area contributed by atoms with Crippen molar-refractivity contribution in [3.05, 3.63) is 65.1 Å². The van der Waals surface area contributed by atoms with Gasteiger partial charge in [-0.25, -0.2) is 4.39 Å². The van der Waals surface area contributed by atoms with Crippen molar-refractivity contribution in [1.29, 1.82) is 0 Å². The molecule has 0 amide bonds. The molecule has 0 unspecified atom stereocenters. The summed E-state index contributed by atoms with van der Waals surface area (Å²) in [6, 6.07) is 10.4. The summed E-state index contributed by atoms with van der Waals surface area (Å²) in [5.74, 6) is 2.39. The highest BCUT2D eigenvalue weighted by molar-refractivity contribution is 5.51. The van der Waals surface area contributed by atoms with Crippen LogP contribution in [-0.4, -0.2) is 35.9 Å². The fourth-order valence-electron chi connectivity index (χ4n) is 3.36. The molecule has 150 valence electrons. The molecule has 0 saturated carbocycles. The number of nitrogens with zero attached hydrogens (tertiary/aromatic N) is 4. The van der Waals surface area contributed by atoms with Crippen LogP contribution in [0.25, 0.3) is 0 Å². The minimum Gasteiger partial charge on any atom is -0.493 e. The lowest BCUT2D eigenvalue weighted by Crippen LogP contribution is -2.32. The number of rotatable bonds is 6. The van der Waals surface area contributed by atoms with Gasteiger partial charge in [0.1, 0.15) is 5.82 Å². The molecule has 1 N–H and O–H groups in total. The van der Waals surface area contributed by atoms with Crippen molar-refractivity contribution in [1.82, 2.24) is 15.2 Å². The summed E-state index contributed by atoms with van der Waals surface area (Å²) in [5.41, 5.74) is 3.35. The van der Waals surface area contributed by atoms with Crippen LogP contribution in [-0.2, 0) is 19.5 Å². The maximum Gasteiger partial charge on any atom is 0.247 e. The Balaban J connectivity index is 1.48. The Morgan fingerprint density at radius 3 is 2.52 bits per heavy atom. The molecule has 29 heavy (non-hydrogen) atoms. The molecule has 8 heteroatoms. The van der Waals surface area contributed by atoms with Crippen LogP contribution in [0.15, 0.2) is 42.6 Å². The van der Waals surface area contributed by atoms with Gasteiger partial charge < -0.3 is 19.7 Å². The molecule has 0 fully saturated rings. The summed E-state index contributed by atoms with van der Waals surface area (Å²) in [6.07, 6.45) is 2.44. The van der Waals surface area contributed by atoms with Crippen LogP contribution in [0.3, 0.4) is 0 Å². The Kier molecular flexibility index (Phi) is 5.41. The lowest BCUT2D eigenvalue weighted by molar-refractivity contribution is 0.353. The fraction of sp³-hybridized carbons (Fsp3) is 0.286. The first kappa shape index (κ1) is 18.9. The number of hydrogen-bond donors (Lipinski definition) is 1. The van der Waals surface area contributed by atoms with E-state index in [0.717, 1.165) is 29.8 Å². The first-order valence-corrected chi connectivity index (χ1v) is 9.33. The van der Waals surface area contributed by atoms with E-state index in [9.17, 15) is 4.39 Å². The molecule has 2 aromatic carbocycles. The van der Waals surface area contributed by atoms with Crippen LogP contribution in [0.2, 0.25) is 0 Å². The third-order valence-electron chi connectivity index (χ3n) is 4.94. The van der Waals surface area contributed by atoms with E-state index in [1.165, 1.54) is 17.7 Å². The van der Waals surface area contributed by atoms with Gasteiger partial charge in [-0.3, -0.25) is 0 Å². The smallest absolute Gasteiger partial charge is 0.247 e. The zero-order valence-corrected chi connectivity index (χ0v) is 16.4. The highest BCUT2D eigenvalue weighted by Gasteiger charge is 2.21. The van der Waals surface area contributed by atoms with Gasteiger partial charge in [-0.05, 0) is 47.4 Å². The first-order chi connectivity index (χ1) is 14.2. The highest BCUT2D eigenvalue weighted by atomic mass is 19.1. The number of benzene rings is 2. The normalized spacial score (nSPS) is 13.0. The lowest BCUT2D eigenvalue weighted by atomic mass is 9.99. The summed E-state index contributed by atoms with van der Waals surface area (Å²) in [7, 11) is 3.28. The number of ether oxygens (including phenoxy) is 2. The number of halogens is 1. The zero-order valence-electron chi connectivity index (χ0n) is 16.4. The molecule has 1 aliphatic rings. The van der Waals surface area contributed by atoms with E-state index in [2.05, 4.69) is 25.4 Å². The highest BCUT2D eigenvalue weighted by Crippen LogP contribution is 2.33. The summed E-state index contributed by atoms with van der Waals surface area (Å²) < 4.78 is 23.9. The molecule has 4 rings (SSSR count). The molecule has 1 aliphatic heterocycles. The SMILES string of the molecule is COc1cc2c(cc1OC)CN(c1nncc(NCc3ccc(F)cc3)n1)CC2. The number of aromatic nitrogens is 3. The maximum atomic E-state index is 13.0. The first-order valence-electron chi connectivity index (χ1n) is 9.33. The van der Waals surface area contributed by atoms with E-state index >= 15 is 0 Å². The molecule has 0 spiro atoms. The molecular weight excluding hydrogens is 373 g/mol. The maximum absolute atomic E-state index is 13.0. The summed E-state index contributed by atoms with van der Waals surface area (Å²) in [5, 5.41) is 11.5. The van der Waals surface area contributed by atoms with Crippen LogP contribution >= 0.6 is 0 Å². The third kappa shape index (κ3) is 4.21. The Labute approximate surface area is 168 Å².